The van der Waals surface area contributed by atoms with Gasteiger partial charge in [-0.25, -0.2) is 4.99 Å². The van der Waals surface area contributed by atoms with Crippen molar-refractivity contribution in [2.75, 3.05) is 5.33 Å². The molecule has 15 heavy (non-hydrogen) atoms. The minimum absolute atomic E-state index is 0.0204. The number of carbonyl (C=O) groups excluding carboxylic acids is 1. The van der Waals surface area contributed by atoms with Crippen LogP contribution in [0.5, 0.6) is 0 Å². The van der Waals surface area contributed by atoms with Gasteiger partial charge in [0.05, 0.1) is 5.41 Å². The molecule has 0 unspecified atom stereocenters. The quantitative estimate of drug-likeness (QED) is 0.556. The van der Waals surface area contributed by atoms with Gasteiger partial charge in [0.1, 0.15) is 0 Å². The normalized spacial score (nSPS) is 18.1. The molecule has 1 amide bonds. The third-order valence-electron chi connectivity index (χ3n) is 3.05. The molecule has 2 nitrogen and oxygen atoms in total. The molecule has 1 aliphatic carbocycles. The Morgan fingerprint density at radius 2 is 2.20 bits per heavy atom. The molecule has 0 spiro atoms. The van der Waals surface area contributed by atoms with E-state index in [1.54, 1.807) is 6.21 Å². The van der Waals surface area contributed by atoms with Crippen LogP contribution in [0.15, 0.2) is 4.99 Å². The molecule has 0 aliphatic heterocycles. The van der Waals surface area contributed by atoms with Crippen LogP contribution < -0.4 is 0 Å². The van der Waals surface area contributed by atoms with Crippen LogP contribution in [0.1, 0.15) is 46.0 Å². The summed E-state index contributed by atoms with van der Waals surface area (Å²) in [5.41, 5.74) is -0.368. The number of amides is 1. The van der Waals surface area contributed by atoms with E-state index < -0.39 is 0 Å². The molecule has 1 fully saturated rings. The lowest BCUT2D eigenvalue weighted by molar-refractivity contribution is -0.124. The van der Waals surface area contributed by atoms with Crippen molar-refractivity contribution in [3.63, 3.8) is 0 Å². The standard InChI is InChI=1S/C12H20BrNO/c1-12(2,9-13)11(15)14-8-4-7-10-5-3-6-10/h8,10H,3-7,9H2,1-2H3. The van der Waals surface area contributed by atoms with E-state index in [1.807, 2.05) is 13.8 Å². The maximum atomic E-state index is 11.6. The summed E-state index contributed by atoms with van der Waals surface area (Å²) in [6.07, 6.45) is 8.08. The van der Waals surface area contributed by atoms with Gasteiger partial charge in [0, 0.05) is 11.5 Å². The summed E-state index contributed by atoms with van der Waals surface area (Å²) in [6.45, 7) is 3.82. The second-order valence-corrected chi connectivity index (χ2v) is 5.57. The number of hydrogen-bond donors (Lipinski definition) is 0. The van der Waals surface area contributed by atoms with Crippen LogP contribution in [0, 0.1) is 11.3 Å². The van der Waals surface area contributed by atoms with Gasteiger partial charge in [-0.3, -0.25) is 4.79 Å². The molecule has 1 saturated carbocycles. The van der Waals surface area contributed by atoms with Gasteiger partial charge in [0.25, 0.3) is 5.91 Å². The highest BCUT2D eigenvalue weighted by molar-refractivity contribution is 9.09. The van der Waals surface area contributed by atoms with E-state index in [2.05, 4.69) is 20.9 Å². The van der Waals surface area contributed by atoms with Gasteiger partial charge in [-0.1, -0.05) is 49.0 Å². The van der Waals surface area contributed by atoms with Crippen molar-refractivity contribution in [1.29, 1.82) is 0 Å². The van der Waals surface area contributed by atoms with Crippen LogP contribution in [0.3, 0.4) is 0 Å². The molecule has 0 heterocycles. The zero-order valence-corrected chi connectivity index (χ0v) is 11.2. The Bertz CT molecular complexity index is 244. The average Bonchev–Trinajstić information content (AvgIpc) is 2.14. The molecule has 0 aromatic carbocycles. The van der Waals surface area contributed by atoms with Crippen molar-refractivity contribution < 1.29 is 4.79 Å². The Labute approximate surface area is 101 Å². The van der Waals surface area contributed by atoms with E-state index in [4.69, 9.17) is 0 Å². The van der Waals surface area contributed by atoms with Crippen molar-refractivity contribution in [2.24, 2.45) is 16.3 Å². The van der Waals surface area contributed by atoms with Crippen LogP contribution in [0.25, 0.3) is 0 Å². The Morgan fingerprint density at radius 3 is 2.67 bits per heavy atom. The number of aliphatic imine (C=N–C) groups is 1. The lowest BCUT2D eigenvalue weighted by atomic mass is 9.82. The fourth-order valence-corrected chi connectivity index (χ4v) is 1.71. The summed E-state index contributed by atoms with van der Waals surface area (Å²) in [5.74, 6) is 0.878. The maximum Gasteiger partial charge on any atom is 0.251 e. The molecular weight excluding hydrogens is 254 g/mol. The number of rotatable bonds is 5. The summed E-state index contributed by atoms with van der Waals surface area (Å²) in [6, 6.07) is 0. The fourth-order valence-electron chi connectivity index (χ4n) is 1.47. The van der Waals surface area contributed by atoms with Crippen LogP contribution in [0.4, 0.5) is 0 Å². The first-order valence-corrected chi connectivity index (χ1v) is 6.81. The number of halogens is 1. The van der Waals surface area contributed by atoms with Crippen LogP contribution in [-0.2, 0) is 4.79 Å². The van der Waals surface area contributed by atoms with Gasteiger partial charge in [-0.15, -0.1) is 0 Å². The largest absolute Gasteiger partial charge is 0.272 e. The lowest BCUT2D eigenvalue weighted by Gasteiger charge is -2.24. The highest BCUT2D eigenvalue weighted by Gasteiger charge is 2.25. The van der Waals surface area contributed by atoms with Crippen molar-refractivity contribution in [3.05, 3.63) is 0 Å². The number of hydrogen-bond acceptors (Lipinski definition) is 1. The predicted molar refractivity (Wildman–Crippen MR) is 67.6 cm³/mol. The van der Waals surface area contributed by atoms with Gasteiger partial charge in [0.15, 0.2) is 0 Å². The predicted octanol–water partition coefficient (Wildman–Crippen LogP) is 3.59. The summed E-state index contributed by atoms with van der Waals surface area (Å²) >= 11 is 3.33. The summed E-state index contributed by atoms with van der Waals surface area (Å²) in [7, 11) is 0. The van der Waals surface area contributed by atoms with E-state index in [9.17, 15) is 4.79 Å². The van der Waals surface area contributed by atoms with Crippen molar-refractivity contribution in [2.45, 2.75) is 46.0 Å². The van der Waals surface area contributed by atoms with Crippen LogP contribution in [-0.4, -0.2) is 17.5 Å². The van der Waals surface area contributed by atoms with Gasteiger partial charge in [-0.2, -0.15) is 0 Å². The minimum atomic E-state index is -0.368. The number of nitrogens with zero attached hydrogens (tertiary/aromatic N) is 1. The van der Waals surface area contributed by atoms with Crippen molar-refractivity contribution in [1.82, 2.24) is 0 Å². The third kappa shape index (κ3) is 4.06. The van der Waals surface area contributed by atoms with Crippen LogP contribution in [0.2, 0.25) is 0 Å². The third-order valence-corrected chi connectivity index (χ3v) is 4.45. The highest BCUT2D eigenvalue weighted by Crippen LogP contribution is 2.30. The number of alkyl halides is 1. The first-order valence-electron chi connectivity index (χ1n) is 5.69. The van der Waals surface area contributed by atoms with Gasteiger partial charge < -0.3 is 0 Å². The average molecular weight is 274 g/mol. The number of carbonyl (C=O) groups is 1. The second kappa shape index (κ2) is 5.78. The van der Waals surface area contributed by atoms with E-state index in [0.717, 1.165) is 12.3 Å². The SMILES string of the molecule is CC(C)(CBr)C(=O)N=CCCC1CCC1. The Balaban J connectivity index is 2.21. The first kappa shape index (κ1) is 12.9. The molecule has 0 saturated heterocycles. The van der Waals surface area contributed by atoms with Gasteiger partial charge >= 0.3 is 0 Å². The zero-order chi connectivity index (χ0) is 11.3. The van der Waals surface area contributed by atoms with Crippen molar-refractivity contribution >= 4 is 28.1 Å². The van der Waals surface area contributed by atoms with Gasteiger partial charge in [0.2, 0.25) is 0 Å². The summed E-state index contributed by atoms with van der Waals surface area (Å²) in [4.78, 5) is 15.6. The second-order valence-electron chi connectivity index (χ2n) is 5.01. The summed E-state index contributed by atoms with van der Waals surface area (Å²) in [5, 5.41) is 0.665. The Hall–Kier alpha value is -0.180. The molecule has 1 rings (SSSR count). The topological polar surface area (TPSA) is 29.4 Å². The molecule has 3 heteroatoms. The molecule has 0 bridgehead atoms. The van der Waals surface area contributed by atoms with E-state index in [1.165, 1.54) is 25.7 Å². The molecule has 0 N–H and O–H groups in total. The molecule has 0 atom stereocenters. The summed E-state index contributed by atoms with van der Waals surface area (Å²) < 4.78 is 0. The van der Waals surface area contributed by atoms with E-state index in [0.29, 0.717) is 5.33 Å². The van der Waals surface area contributed by atoms with Gasteiger partial charge in [-0.05, 0) is 18.8 Å². The molecule has 0 radical (unpaired) electrons. The van der Waals surface area contributed by atoms with Crippen LogP contribution >= 0.6 is 15.9 Å². The fraction of sp³-hybridized carbons (Fsp3) is 0.833. The minimum Gasteiger partial charge on any atom is -0.272 e. The maximum absolute atomic E-state index is 11.6. The zero-order valence-electron chi connectivity index (χ0n) is 9.63. The molecule has 1 aliphatic rings. The smallest absolute Gasteiger partial charge is 0.251 e. The lowest BCUT2D eigenvalue weighted by Crippen LogP contribution is -2.24. The molecular formula is C12H20BrNO. The Morgan fingerprint density at radius 1 is 1.53 bits per heavy atom. The molecule has 0 aromatic heterocycles. The first-order chi connectivity index (χ1) is 7.06. The monoisotopic (exact) mass is 273 g/mol. The van der Waals surface area contributed by atoms with Crippen molar-refractivity contribution in [3.8, 4) is 0 Å². The van der Waals surface area contributed by atoms with E-state index >= 15 is 0 Å². The molecule has 86 valence electrons. The van der Waals surface area contributed by atoms with E-state index in [-0.39, 0.29) is 11.3 Å². The Kier molecular flexibility index (Phi) is 4.97. The highest BCUT2D eigenvalue weighted by atomic mass is 79.9. The molecule has 0 aromatic rings.